The number of aryl methyl sites for hydroxylation is 2. The van der Waals surface area contributed by atoms with Crippen LogP contribution in [0.1, 0.15) is 31.2 Å². The molecule has 1 heterocycles. The molecule has 0 aliphatic heterocycles. The van der Waals surface area contributed by atoms with Crippen LogP contribution in [-0.2, 0) is 17.8 Å². The Morgan fingerprint density at radius 2 is 2.21 bits per heavy atom. The van der Waals surface area contributed by atoms with E-state index in [1.807, 2.05) is 12.1 Å². The molecular formula is C11H17NO2. The molecule has 0 atom stereocenters. The van der Waals surface area contributed by atoms with Crippen molar-refractivity contribution in [1.82, 2.24) is 4.57 Å². The Balaban J connectivity index is 2.70. The minimum Gasteiger partial charge on any atom is -0.481 e. The van der Waals surface area contributed by atoms with E-state index >= 15 is 0 Å². The number of rotatable bonds is 5. The number of aromatic nitrogens is 1. The van der Waals surface area contributed by atoms with Gasteiger partial charge < -0.3 is 9.67 Å². The van der Waals surface area contributed by atoms with Gasteiger partial charge in [-0.2, -0.15) is 0 Å². The van der Waals surface area contributed by atoms with E-state index in [9.17, 15) is 4.79 Å². The summed E-state index contributed by atoms with van der Waals surface area (Å²) in [6.45, 7) is 5.16. The van der Waals surface area contributed by atoms with E-state index in [1.165, 1.54) is 5.69 Å². The number of carbonyl (C=O) groups is 1. The van der Waals surface area contributed by atoms with Gasteiger partial charge in [0.25, 0.3) is 0 Å². The molecule has 0 fully saturated rings. The van der Waals surface area contributed by atoms with E-state index in [4.69, 9.17) is 5.11 Å². The minimum absolute atomic E-state index is 0.215. The monoisotopic (exact) mass is 195 g/mol. The van der Waals surface area contributed by atoms with Crippen LogP contribution >= 0.6 is 0 Å². The number of carboxylic acids is 1. The molecule has 1 N–H and O–H groups in total. The molecule has 0 bridgehead atoms. The van der Waals surface area contributed by atoms with Crippen LogP contribution in [0.3, 0.4) is 0 Å². The van der Waals surface area contributed by atoms with E-state index in [0.29, 0.717) is 6.42 Å². The highest BCUT2D eigenvalue weighted by Gasteiger charge is 2.05. The summed E-state index contributed by atoms with van der Waals surface area (Å²) in [6.07, 6.45) is 1.92. The quantitative estimate of drug-likeness (QED) is 0.782. The molecule has 1 aromatic rings. The maximum absolute atomic E-state index is 10.4. The zero-order valence-corrected chi connectivity index (χ0v) is 8.79. The predicted octanol–water partition coefficient (Wildman–Crippen LogP) is 2.22. The molecule has 1 aromatic heterocycles. The summed E-state index contributed by atoms with van der Waals surface area (Å²) in [6, 6.07) is 4.07. The molecule has 0 aliphatic carbocycles. The second-order valence-electron chi connectivity index (χ2n) is 3.51. The fourth-order valence-corrected chi connectivity index (χ4v) is 1.62. The van der Waals surface area contributed by atoms with Crippen molar-refractivity contribution in [2.75, 3.05) is 0 Å². The fourth-order valence-electron chi connectivity index (χ4n) is 1.62. The molecule has 3 nitrogen and oxygen atoms in total. The molecular weight excluding hydrogens is 178 g/mol. The van der Waals surface area contributed by atoms with Crippen molar-refractivity contribution in [1.29, 1.82) is 0 Å². The topological polar surface area (TPSA) is 42.2 Å². The van der Waals surface area contributed by atoms with Crippen LogP contribution in [-0.4, -0.2) is 15.6 Å². The van der Waals surface area contributed by atoms with Gasteiger partial charge >= 0.3 is 5.97 Å². The van der Waals surface area contributed by atoms with Gasteiger partial charge in [0, 0.05) is 17.9 Å². The Kier molecular flexibility index (Phi) is 3.74. The molecule has 3 heteroatoms. The molecule has 0 radical (unpaired) electrons. The number of hydrogen-bond acceptors (Lipinski definition) is 1. The van der Waals surface area contributed by atoms with Crippen molar-refractivity contribution < 1.29 is 9.90 Å². The summed E-state index contributed by atoms with van der Waals surface area (Å²) < 4.78 is 2.20. The van der Waals surface area contributed by atoms with Crippen LogP contribution in [0.25, 0.3) is 0 Å². The first kappa shape index (κ1) is 10.8. The van der Waals surface area contributed by atoms with E-state index in [2.05, 4.69) is 18.4 Å². The number of nitrogens with zero attached hydrogens (tertiary/aromatic N) is 1. The largest absolute Gasteiger partial charge is 0.481 e. The summed E-state index contributed by atoms with van der Waals surface area (Å²) in [5.74, 6) is -0.730. The standard InChI is InChI=1S/C11H17NO2/c1-3-8-12-9(2)4-5-10(12)6-7-11(13)14/h4-5H,3,6-8H2,1-2H3,(H,13,14). The SMILES string of the molecule is CCCn1c(C)ccc1CCC(=O)O. The minimum atomic E-state index is -0.730. The lowest BCUT2D eigenvalue weighted by molar-refractivity contribution is -0.136. The maximum Gasteiger partial charge on any atom is 0.303 e. The van der Waals surface area contributed by atoms with Gasteiger partial charge in [0.1, 0.15) is 0 Å². The highest BCUT2D eigenvalue weighted by Crippen LogP contribution is 2.11. The molecule has 0 spiro atoms. The maximum atomic E-state index is 10.4. The van der Waals surface area contributed by atoms with Crippen molar-refractivity contribution in [2.24, 2.45) is 0 Å². The lowest BCUT2D eigenvalue weighted by Gasteiger charge is -2.09. The molecule has 78 valence electrons. The van der Waals surface area contributed by atoms with E-state index < -0.39 is 5.97 Å². The van der Waals surface area contributed by atoms with E-state index in [1.54, 1.807) is 0 Å². The Hall–Kier alpha value is -1.25. The number of carboxylic acid groups (broad SMARTS) is 1. The lowest BCUT2D eigenvalue weighted by atomic mass is 10.2. The summed E-state index contributed by atoms with van der Waals surface area (Å²) >= 11 is 0. The van der Waals surface area contributed by atoms with Crippen molar-refractivity contribution in [3.05, 3.63) is 23.5 Å². The summed E-state index contributed by atoms with van der Waals surface area (Å²) in [7, 11) is 0. The van der Waals surface area contributed by atoms with Gasteiger partial charge in [-0.3, -0.25) is 4.79 Å². The Morgan fingerprint density at radius 1 is 1.50 bits per heavy atom. The molecule has 0 amide bonds. The molecule has 0 aliphatic rings. The first-order valence-corrected chi connectivity index (χ1v) is 5.02. The molecule has 0 unspecified atom stereocenters. The number of aliphatic carboxylic acids is 1. The predicted molar refractivity (Wildman–Crippen MR) is 55.4 cm³/mol. The molecule has 1 rings (SSSR count). The molecule has 0 saturated heterocycles. The van der Waals surface area contributed by atoms with E-state index in [0.717, 1.165) is 18.7 Å². The van der Waals surface area contributed by atoms with Gasteiger partial charge in [-0.25, -0.2) is 0 Å². The number of hydrogen-bond donors (Lipinski definition) is 1. The van der Waals surface area contributed by atoms with Gasteiger partial charge in [-0.15, -0.1) is 0 Å². The zero-order valence-electron chi connectivity index (χ0n) is 8.79. The smallest absolute Gasteiger partial charge is 0.303 e. The average molecular weight is 195 g/mol. The molecule has 14 heavy (non-hydrogen) atoms. The van der Waals surface area contributed by atoms with Crippen LogP contribution in [0.4, 0.5) is 0 Å². The molecule has 0 aromatic carbocycles. The Labute approximate surface area is 84.4 Å². The Morgan fingerprint density at radius 3 is 2.79 bits per heavy atom. The lowest BCUT2D eigenvalue weighted by Crippen LogP contribution is -2.06. The van der Waals surface area contributed by atoms with Crippen LogP contribution in [0.2, 0.25) is 0 Å². The van der Waals surface area contributed by atoms with Crippen LogP contribution in [0, 0.1) is 6.92 Å². The van der Waals surface area contributed by atoms with Gasteiger partial charge in [0.2, 0.25) is 0 Å². The first-order valence-electron chi connectivity index (χ1n) is 5.02. The van der Waals surface area contributed by atoms with Crippen molar-refractivity contribution in [3.63, 3.8) is 0 Å². The van der Waals surface area contributed by atoms with Crippen LogP contribution in [0.15, 0.2) is 12.1 Å². The van der Waals surface area contributed by atoms with Crippen molar-refractivity contribution in [2.45, 2.75) is 39.7 Å². The van der Waals surface area contributed by atoms with Crippen molar-refractivity contribution >= 4 is 5.97 Å². The molecule has 0 saturated carbocycles. The van der Waals surface area contributed by atoms with Gasteiger partial charge in [-0.1, -0.05) is 6.92 Å². The average Bonchev–Trinajstić information content (AvgIpc) is 2.46. The third kappa shape index (κ3) is 2.62. The second kappa shape index (κ2) is 4.84. The van der Waals surface area contributed by atoms with Crippen LogP contribution < -0.4 is 0 Å². The zero-order chi connectivity index (χ0) is 10.6. The van der Waals surface area contributed by atoms with E-state index in [-0.39, 0.29) is 6.42 Å². The summed E-state index contributed by atoms with van der Waals surface area (Å²) in [5, 5.41) is 8.59. The van der Waals surface area contributed by atoms with Gasteiger partial charge in [0.15, 0.2) is 0 Å². The first-order chi connectivity index (χ1) is 6.65. The third-order valence-electron chi connectivity index (χ3n) is 2.33. The highest BCUT2D eigenvalue weighted by molar-refractivity contribution is 5.66. The summed E-state index contributed by atoms with van der Waals surface area (Å²) in [5.41, 5.74) is 2.35. The fraction of sp³-hybridized carbons (Fsp3) is 0.545. The van der Waals surface area contributed by atoms with Crippen molar-refractivity contribution in [3.8, 4) is 0 Å². The van der Waals surface area contributed by atoms with Crippen LogP contribution in [0.5, 0.6) is 0 Å². The Bertz CT molecular complexity index is 315. The van der Waals surface area contributed by atoms with Gasteiger partial charge in [0.05, 0.1) is 6.42 Å². The van der Waals surface area contributed by atoms with Gasteiger partial charge in [-0.05, 0) is 31.9 Å². The normalized spacial score (nSPS) is 10.4. The summed E-state index contributed by atoms with van der Waals surface area (Å²) in [4.78, 5) is 10.4. The highest BCUT2D eigenvalue weighted by atomic mass is 16.4. The third-order valence-corrected chi connectivity index (χ3v) is 2.33. The second-order valence-corrected chi connectivity index (χ2v) is 3.51.